The number of anilines is 1. The molecule has 0 radical (unpaired) electrons. The topological polar surface area (TPSA) is 69.7 Å². The summed E-state index contributed by atoms with van der Waals surface area (Å²) in [6.07, 6.45) is 14.2. The van der Waals surface area contributed by atoms with Crippen molar-refractivity contribution in [3.8, 4) is 11.1 Å². The van der Waals surface area contributed by atoms with Gasteiger partial charge in [0.1, 0.15) is 5.82 Å². The fourth-order valence-electron chi connectivity index (χ4n) is 4.22. The van der Waals surface area contributed by atoms with Crippen molar-refractivity contribution in [2.45, 2.75) is 13.3 Å². The largest absolute Gasteiger partial charge is 0.388 e. The second-order valence-corrected chi connectivity index (χ2v) is 8.71. The highest BCUT2D eigenvalue weighted by atomic mass is 15.0. The second kappa shape index (κ2) is 10.9. The van der Waals surface area contributed by atoms with Gasteiger partial charge in [-0.3, -0.25) is 9.97 Å². The maximum atomic E-state index is 4.96. The van der Waals surface area contributed by atoms with Crippen LogP contribution in [0.15, 0.2) is 85.5 Å². The number of aromatic amines is 1. The molecule has 2 N–H and O–H groups in total. The Morgan fingerprint density at radius 1 is 1.11 bits per heavy atom. The van der Waals surface area contributed by atoms with Crippen molar-refractivity contribution in [3.05, 3.63) is 102 Å². The van der Waals surface area contributed by atoms with Gasteiger partial charge >= 0.3 is 0 Å². The molecule has 178 valence electrons. The van der Waals surface area contributed by atoms with Gasteiger partial charge in [-0.05, 0) is 73.1 Å². The van der Waals surface area contributed by atoms with E-state index in [9.17, 15) is 0 Å². The summed E-state index contributed by atoms with van der Waals surface area (Å²) in [5.41, 5.74) is 9.64. The molecule has 0 saturated carbocycles. The molecule has 0 bridgehead atoms. The van der Waals surface area contributed by atoms with Crippen molar-refractivity contribution < 1.29 is 0 Å². The molecule has 0 fully saturated rings. The fraction of sp³-hybridized carbons (Fsp3) is 0.207. The van der Waals surface area contributed by atoms with Crippen LogP contribution >= 0.6 is 0 Å². The summed E-state index contributed by atoms with van der Waals surface area (Å²) in [7, 11) is 6.08. The Labute approximate surface area is 207 Å². The monoisotopic (exact) mass is 464 g/mol. The molecule has 6 heteroatoms. The third-order valence-electron chi connectivity index (χ3n) is 5.91. The van der Waals surface area contributed by atoms with E-state index in [1.807, 2.05) is 37.7 Å². The van der Waals surface area contributed by atoms with Gasteiger partial charge in [0, 0.05) is 49.9 Å². The average Bonchev–Trinajstić information content (AvgIpc) is 3.29. The van der Waals surface area contributed by atoms with Crippen LogP contribution in [0.2, 0.25) is 0 Å². The van der Waals surface area contributed by atoms with Gasteiger partial charge in [0.25, 0.3) is 0 Å². The third kappa shape index (κ3) is 5.55. The minimum atomic E-state index is 0.668. The van der Waals surface area contributed by atoms with Crippen LogP contribution in [0, 0.1) is 0 Å². The van der Waals surface area contributed by atoms with Crippen LogP contribution in [-0.2, 0) is 6.42 Å². The zero-order valence-electron chi connectivity index (χ0n) is 20.8. The number of H-pyrrole nitrogens is 1. The first-order valence-electron chi connectivity index (χ1n) is 11.7. The Morgan fingerprint density at radius 3 is 2.60 bits per heavy atom. The standard InChI is InChI=1S/C29H32N6/c1-6-20(19-35(4)5)14-21(7-2)23-8-9-26(30-3)24(15-23)16-28-33-27-18-32-17-25(29(27)34-28)22-10-12-31-13-11-22/h6-15,17-18,30H,1,16,19H2,2-5H3,(H,33,34)/b20-14+,21-7+. The zero-order valence-corrected chi connectivity index (χ0v) is 20.8. The lowest BCUT2D eigenvalue weighted by Gasteiger charge is -2.14. The van der Waals surface area contributed by atoms with E-state index < -0.39 is 0 Å². The maximum absolute atomic E-state index is 4.96. The van der Waals surface area contributed by atoms with E-state index in [1.54, 1.807) is 12.4 Å². The molecule has 0 spiro atoms. The molecule has 35 heavy (non-hydrogen) atoms. The minimum absolute atomic E-state index is 0.668. The summed E-state index contributed by atoms with van der Waals surface area (Å²) in [6, 6.07) is 10.5. The van der Waals surface area contributed by atoms with Gasteiger partial charge in [-0.2, -0.15) is 0 Å². The van der Waals surface area contributed by atoms with Gasteiger partial charge in [0.05, 0.1) is 17.2 Å². The van der Waals surface area contributed by atoms with E-state index in [4.69, 9.17) is 4.98 Å². The molecule has 0 aliphatic rings. The molecule has 6 nitrogen and oxygen atoms in total. The molecule has 4 aromatic rings. The van der Waals surface area contributed by atoms with Crippen LogP contribution in [-0.4, -0.2) is 52.5 Å². The smallest absolute Gasteiger partial charge is 0.111 e. The molecule has 4 rings (SSSR count). The Balaban J connectivity index is 1.70. The highest BCUT2D eigenvalue weighted by molar-refractivity contribution is 5.91. The van der Waals surface area contributed by atoms with Crippen LogP contribution in [0.4, 0.5) is 5.69 Å². The number of fused-ring (bicyclic) bond motifs is 1. The van der Waals surface area contributed by atoms with E-state index in [-0.39, 0.29) is 0 Å². The number of nitrogens with zero attached hydrogens (tertiary/aromatic N) is 4. The summed E-state index contributed by atoms with van der Waals surface area (Å²) in [5.74, 6) is 0.897. The molecular weight excluding hydrogens is 432 g/mol. The molecule has 0 saturated heterocycles. The molecular formula is C29H32N6. The van der Waals surface area contributed by atoms with Crippen molar-refractivity contribution in [1.29, 1.82) is 0 Å². The lowest BCUT2D eigenvalue weighted by Crippen LogP contribution is -2.14. The SMILES string of the molecule is C=C/C(=C\C(=C/C)c1ccc(NC)c(Cc2nc3c(-c4ccncc4)cncc3[nH]2)c1)CN(C)C. The van der Waals surface area contributed by atoms with Gasteiger partial charge in [-0.15, -0.1) is 0 Å². The molecule has 0 aliphatic heterocycles. The molecule has 1 aromatic carbocycles. The number of benzene rings is 1. The van der Waals surface area contributed by atoms with Crippen molar-refractivity contribution in [1.82, 2.24) is 24.8 Å². The molecule has 0 atom stereocenters. The van der Waals surface area contributed by atoms with E-state index in [0.717, 1.165) is 45.8 Å². The van der Waals surface area contributed by atoms with Crippen LogP contribution < -0.4 is 5.32 Å². The van der Waals surface area contributed by atoms with Gasteiger partial charge < -0.3 is 15.2 Å². The third-order valence-corrected chi connectivity index (χ3v) is 5.91. The number of hydrogen-bond acceptors (Lipinski definition) is 5. The van der Waals surface area contributed by atoms with Crippen LogP contribution in [0.5, 0.6) is 0 Å². The van der Waals surface area contributed by atoms with Crippen molar-refractivity contribution in [2.24, 2.45) is 0 Å². The first-order chi connectivity index (χ1) is 17.0. The second-order valence-electron chi connectivity index (χ2n) is 8.71. The number of pyridine rings is 2. The number of rotatable bonds is 9. The number of allylic oxidation sites excluding steroid dienone is 3. The first-order valence-corrected chi connectivity index (χ1v) is 11.7. The molecule has 0 unspecified atom stereocenters. The van der Waals surface area contributed by atoms with E-state index in [0.29, 0.717) is 6.42 Å². The molecule has 0 aliphatic carbocycles. The van der Waals surface area contributed by atoms with E-state index in [2.05, 4.69) is 83.1 Å². The number of likely N-dealkylation sites (N-methyl/N-ethyl adjacent to an activating group) is 1. The average molecular weight is 465 g/mol. The van der Waals surface area contributed by atoms with Gasteiger partial charge in [-0.25, -0.2) is 4.98 Å². The Bertz CT molecular complexity index is 1380. The van der Waals surface area contributed by atoms with Gasteiger partial charge in [0.2, 0.25) is 0 Å². The van der Waals surface area contributed by atoms with Gasteiger partial charge in [-0.1, -0.05) is 30.9 Å². The number of nitrogens with one attached hydrogen (secondary N) is 2. The number of aromatic nitrogens is 4. The molecule has 0 amide bonds. The highest BCUT2D eigenvalue weighted by Crippen LogP contribution is 2.29. The van der Waals surface area contributed by atoms with Crippen molar-refractivity contribution >= 4 is 22.3 Å². The maximum Gasteiger partial charge on any atom is 0.111 e. The highest BCUT2D eigenvalue weighted by Gasteiger charge is 2.13. The Kier molecular flexibility index (Phi) is 7.53. The summed E-state index contributed by atoms with van der Waals surface area (Å²) >= 11 is 0. The summed E-state index contributed by atoms with van der Waals surface area (Å²) < 4.78 is 0. The quantitative estimate of drug-likeness (QED) is 0.310. The van der Waals surface area contributed by atoms with Crippen molar-refractivity contribution in [3.63, 3.8) is 0 Å². The van der Waals surface area contributed by atoms with E-state index >= 15 is 0 Å². The summed E-state index contributed by atoms with van der Waals surface area (Å²) in [5, 5.41) is 3.33. The van der Waals surface area contributed by atoms with E-state index in [1.165, 1.54) is 16.7 Å². The van der Waals surface area contributed by atoms with Crippen LogP contribution in [0.25, 0.3) is 27.7 Å². The minimum Gasteiger partial charge on any atom is -0.388 e. The lowest BCUT2D eigenvalue weighted by atomic mass is 9.98. The van der Waals surface area contributed by atoms with Crippen LogP contribution in [0.3, 0.4) is 0 Å². The summed E-state index contributed by atoms with van der Waals surface area (Å²) in [4.78, 5) is 19.1. The zero-order chi connectivity index (χ0) is 24.8. The predicted molar refractivity (Wildman–Crippen MR) is 146 cm³/mol. The normalized spacial score (nSPS) is 12.4. The number of hydrogen-bond donors (Lipinski definition) is 2. The van der Waals surface area contributed by atoms with Gasteiger partial charge in [0.15, 0.2) is 0 Å². The van der Waals surface area contributed by atoms with Crippen LogP contribution in [0.1, 0.15) is 23.9 Å². The molecule has 3 aromatic heterocycles. The predicted octanol–water partition coefficient (Wildman–Crippen LogP) is 5.73. The molecule has 3 heterocycles. The first kappa shape index (κ1) is 24.1. The fourth-order valence-corrected chi connectivity index (χ4v) is 4.22. The lowest BCUT2D eigenvalue weighted by molar-refractivity contribution is 0.449. The van der Waals surface area contributed by atoms with Crippen molar-refractivity contribution in [2.75, 3.05) is 33.0 Å². The Morgan fingerprint density at radius 2 is 1.91 bits per heavy atom. The Hall–Kier alpha value is -4.03. The summed E-state index contributed by atoms with van der Waals surface area (Å²) in [6.45, 7) is 6.90. The number of imidazole rings is 1.